The lowest BCUT2D eigenvalue weighted by molar-refractivity contribution is -0.140. The van der Waals surface area contributed by atoms with E-state index in [2.05, 4.69) is 24.9 Å². The van der Waals surface area contributed by atoms with Crippen molar-refractivity contribution in [3.63, 3.8) is 0 Å². The zero-order valence-corrected chi connectivity index (χ0v) is 22.0. The molecular weight excluding hydrogens is 434 g/mol. The summed E-state index contributed by atoms with van der Waals surface area (Å²) in [5.41, 5.74) is 3.01. The number of carbonyl (C=O) groups is 1. The molecule has 1 saturated carbocycles. The van der Waals surface area contributed by atoms with Gasteiger partial charge in [-0.3, -0.25) is 9.78 Å². The monoisotopic (exact) mass is 479 g/mol. The molecular formula is C31H45NO3. The molecule has 1 aliphatic rings. The van der Waals surface area contributed by atoms with Crippen molar-refractivity contribution in [2.75, 3.05) is 6.61 Å². The summed E-state index contributed by atoms with van der Waals surface area (Å²) in [7, 11) is 0. The minimum atomic E-state index is -0.0700. The largest absolute Gasteiger partial charge is 0.426 e. The van der Waals surface area contributed by atoms with Gasteiger partial charge in [0, 0.05) is 18.4 Å². The number of unbranched alkanes of at least 4 members (excludes halogenated alkanes) is 6. The lowest BCUT2D eigenvalue weighted by Crippen LogP contribution is -2.25. The van der Waals surface area contributed by atoms with Crippen LogP contribution in [-0.2, 0) is 16.1 Å². The maximum absolute atomic E-state index is 12.7. The molecule has 0 atom stereocenters. The smallest absolute Gasteiger partial charge is 0.314 e. The highest BCUT2D eigenvalue weighted by molar-refractivity contribution is 5.75. The molecule has 0 unspecified atom stereocenters. The molecule has 0 spiro atoms. The Kier molecular flexibility index (Phi) is 12.3. The average Bonchev–Trinajstić information content (AvgIpc) is 2.90. The van der Waals surface area contributed by atoms with Gasteiger partial charge in [0.05, 0.1) is 18.2 Å². The van der Waals surface area contributed by atoms with Crippen LogP contribution in [0.3, 0.4) is 0 Å². The standard InChI is InChI=1S/C31H45NO3/c1-3-5-7-9-11-25-12-15-28(16-13-25)31(33)35-29-19-17-27(18-20-29)30-21-14-26(23-32-30)24-34-22-10-8-6-4-2/h14,17-21,23,25,28H,3-13,15-16,22,24H2,1-2H3. The molecule has 0 N–H and O–H groups in total. The first kappa shape index (κ1) is 27.4. The van der Waals surface area contributed by atoms with Gasteiger partial charge in [-0.05, 0) is 73.9 Å². The highest BCUT2D eigenvalue weighted by atomic mass is 16.5. The number of esters is 1. The number of benzene rings is 1. The number of carbonyl (C=O) groups excluding carboxylic acids is 1. The van der Waals surface area contributed by atoms with Crippen LogP contribution in [0.25, 0.3) is 11.3 Å². The molecule has 0 saturated heterocycles. The summed E-state index contributed by atoms with van der Waals surface area (Å²) in [6.07, 6.45) is 17.7. The number of hydrogen-bond acceptors (Lipinski definition) is 4. The zero-order valence-electron chi connectivity index (χ0n) is 22.0. The van der Waals surface area contributed by atoms with E-state index in [-0.39, 0.29) is 11.9 Å². The van der Waals surface area contributed by atoms with Gasteiger partial charge < -0.3 is 9.47 Å². The fraction of sp³-hybridized carbons (Fsp3) is 0.613. The number of hydrogen-bond donors (Lipinski definition) is 0. The van der Waals surface area contributed by atoms with E-state index in [0.29, 0.717) is 12.4 Å². The summed E-state index contributed by atoms with van der Waals surface area (Å²) < 4.78 is 11.5. The Morgan fingerprint density at radius 2 is 1.57 bits per heavy atom. The number of pyridine rings is 1. The molecule has 0 amide bonds. The summed E-state index contributed by atoms with van der Waals surface area (Å²) in [6, 6.07) is 11.8. The van der Waals surface area contributed by atoms with Crippen LogP contribution in [0, 0.1) is 11.8 Å². The van der Waals surface area contributed by atoms with Crippen molar-refractivity contribution in [1.82, 2.24) is 4.98 Å². The van der Waals surface area contributed by atoms with Gasteiger partial charge in [-0.2, -0.15) is 0 Å². The highest BCUT2D eigenvalue weighted by Crippen LogP contribution is 2.33. The van der Waals surface area contributed by atoms with Crippen LogP contribution in [0.1, 0.15) is 103 Å². The minimum Gasteiger partial charge on any atom is -0.426 e. The number of nitrogens with zero attached hydrogens (tertiary/aromatic N) is 1. The summed E-state index contributed by atoms with van der Waals surface area (Å²) >= 11 is 0. The zero-order chi connectivity index (χ0) is 24.7. The molecule has 0 bridgehead atoms. The summed E-state index contributed by atoms with van der Waals surface area (Å²) in [4.78, 5) is 17.3. The van der Waals surface area contributed by atoms with Crippen LogP contribution < -0.4 is 4.74 Å². The van der Waals surface area contributed by atoms with Crippen LogP contribution in [0.5, 0.6) is 5.75 Å². The fourth-order valence-electron chi connectivity index (χ4n) is 4.94. The van der Waals surface area contributed by atoms with Gasteiger partial charge in [-0.15, -0.1) is 0 Å². The predicted molar refractivity (Wildman–Crippen MR) is 143 cm³/mol. The van der Waals surface area contributed by atoms with Crippen molar-refractivity contribution in [2.24, 2.45) is 11.8 Å². The maximum Gasteiger partial charge on any atom is 0.314 e. The van der Waals surface area contributed by atoms with Crippen molar-refractivity contribution >= 4 is 5.97 Å². The van der Waals surface area contributed by atoms with Crippen molar-refractivity contribution in [3.8, 4) is 17.0 Å². The predicted octanol–water partition coefficient (Wildman–Crippen LogP) is 8.53. The Labute approximate surface area is 212 Å². The summed E-state index contributed by atoms with van der Waals surface area (Å²) in [5, 5.41) is 0. The molecule has 1 aliphatic carbocycles. The Morgan fingerprint density at radius 1 is 0.857 bits per heavy atom. The van der Waals surface area contributed by atoms with Gasteiger partial charge in [0.15, 0.2) is 0 Å². The maximum atomic E-state index is 12.7. The Bertz CT molecular complexity index is 839. The van der Waals surface area contributed by atoms with Crippen molar-refractivity contribution < 1.29 is 14.3 Å². The molecule has 192 valence electrons. The highest BCUT2D eigenvalue weighted by Gasteiger charge is 2.27. The second-order valence-electron chi connectivity index (χ2n) is 10.2. The molecule has 1 aromatic heterocycles. The molecule has 0 radical (unpaired) electrons. The van der Waals surface area contributed by atoms with E-state index in [1.807, 2.05) is 36.5 Å². The quantitative estimate of drug-likeness (QED) is 0.146. The van der Waals surface area contributed by atoms with Gasteiger partial charge in [0.1, 0.15) is 5.75 Å². The van der Waals surface area contributed by atoms with E-state index in [0.717, 1.165) is 61.4 Å². The molecule has 4 heteroatoms. The summed E-state index contributed by atoms with van der Waals surface area (Å²) in [6.45, 7) is 5.89. The van der Waals surface area contributed by atoms with Crippen molar-refractivity contribution in [3.05, 3.63) is 48.2 Å². The number of ether oxygens (including phenoxy) is 2. The molecule has 1 aromatic carbocycles. The third kappa shape index (κ3) is 9.76. The molecule has 0 aliphatic heterocycles. The van der Waals surface area contributed by atoms with Crippen molar-refractivity contribution in [2.45, 2.75) is 104 Å². The molecule has 1 heterocycles. The lowest BCUT2D eigenvalue weighted by Gasteiger charge is -2.27. The van der Waals surface area contributed by atoms with E-state index < -0.39 is 0 Å². The first-order valence-corrected chi connectivity index (χ1v) is 14.0. The van der Waals surface area contributed by atoms with Gasteiger partial charge in [-0.1, -0.05) is 71.3 Å². The number of rotatable bonds is 15. The second-order valence-corrected chi connectivity index (χ2v) is 10.2. The third-order valence-electron chi connectivity index (χ3n) is 7.25. The molecule has 35 heavy (non-hydrogen) atoms. The molecule has 3 rings (SSSR count). The third-order valence-corrected chi connectivity index (χ3v) is 7.25. The molecule has 1 fully saturated rings. The fourth-order valence-corrected chi connectivity index (χ4v) is 4.94. The van der Waals surface area contributed by atoms with E-state index in [1.54, 1.807) is 0 Å². The van der Waals surface area contributed by atoms with Crippen LogP contribution in [-0.4, -0.2) is 17.6 Å². The topological polar surface area (TPSA) is 48.4 Å². The SMILES string of the molecule is CCCCCCOCc1ccc(-c2ccc(OC(=O)C3CCC(CCCCCC)CC3)cc2)nc1. The first-order valence-electron chi connectivity index (χ1n) is 14.0. The van der Waals surface area contributed by atoms with Crippen molar-refractivity contribution in [1.29, 1.82) is 0 Å². The lowest BCUT2D eigenvalue weighted by atomic mass is 9.80. The van der Waals surface area contributed by atoms with E-state index in [4.69, 9.17) is 9.47 Å². The van der Waals surface area contributed by atoms with Gasteiger partial charge in [-0.25, -0.2) is 0 Å². The van der Waals surface area contributed by atoms with Crippen LogP contribution >= 0.6 is 0 Å². The first-order chi connectivity index (χ1) is 17.2. The van der Waals surface area contributed by atoms with E-state index in [1.165, 1.54) is 51.4 Å². The second kappa shape index (κ2) is 15.7. The van der Waals surface area contributed by atoms with E-state index in [9.17, 15) is 4.79 Å². The molecule has 2 aromatic rings. The van der Waals surface area contributed by atoms with Crippen LogP contribution in [0.2, 0.25) is 0 Å². The van der Waals surface area contributed by atoms with Gasteiger partial charge in [0.2, 0.25) is 0 Å². The summed E-state index contributed by atoms with van der Waals surface area (Å²) in [5.74, 6) is 1.39. The average molecular weight is 480 g/mol. The number of aromatic nitrogens is 1. The Morgan fingerprint density at radius 3 is 2.23 bits per heavy atom. The van der Waals surface area contributed by atoms with Crippen LogP contribution in [0.15, 0.2) is 42.6 Å². The Balaban J connectivity index is 1.39. The van der Waals surface area contributed by atoms with Crippen LogP contribution in [0.4, 0.5) is 0 Å². The minimum absolute atomic E-state index is 0.0460. The Hall–Kier alpha value is -2.20. The van der Waals surface area contributed by atoms with Gasteiger partial charge in [0.25, 0.3) is 0 Å². The van der Waals surface area contributed by atoms with Gasteiger partial charge >= 0.3 is 5.97 Å². The molecule has 4 nitrogen and oxygen atoms in total. The normalized spacial score (nSPS) is 17.9. The van der Waals surface area contributed by atoms with E-state index >= 15 is 0 Å².